The molecule has 2 fully saturated rings. The van der Waals surface area contributed by atoms with Gasteiger partial charge in [0, 0.05) is 0 Å². The highest BCUT2D eigenvalue weighted by atomic mass is 16.9. The van der Waals surface area contributed by atoms with Gasteiger partial charge in [-0.3, -0.25) is 19.6 Å². The minimum atomic E-state index is -3.39. The van der Waals surface area contributed by atoms with E-state index in [-0.39, 0.29) is 0 Å². The van der Waals surface area contributed by atoms with Crippen molar-refractivity contribution < 1.29 is 60.0 Å². The third-order valence-electron chi connectivity index (χ3n) is 4.41. The lowest BCUT2D eigenvalue weighted by atomic mass is 9.96. The van der Waals surface area contributed by atoms with Crippen molar-refractivity contribution in [2.24, 2.45) is 0 Å². The summed E-state index contributed by atoms with van der Waals surface area (Å²) in [5.41, 5.74) is 0. The lowest BCUT2D eigenvalue weighted by Gasteiger charge is -2.44. The third-order valence-corrected chi connectivity index (χ3v) is 4.41. The molecule has 0 aromatic rings. The summed E-state index contributed by atoms with van der Waals surface area (Å²) >= 11 is 0. The van der Waals surface area contributed by atoms with Crippen molar-refractivity contribution in [2.45, 2.75) is 54.4 Å². The van der Waals surface area contributed by atoms with Crippen LogP contribution in [0.5, 0.6) is 0 Å². The Morgan fingerprint density at radius 1 is 0.885 bits per heavy atom. The van der Waals surface area contributed by atoms with Crippen LogP contribution in [0.4, 0.5) is 0 Å². The summed E-state index contributed by atoms with van der Waals surface area (Å²) in [6.45, 7) is -3.14. The van der Waals surface area contributed by atoms with Gasteiger partial charge in [-0.05, 0) is 0 Å². The molecule has 2 saturated heterocycles. The Balaban J connectivity index is 2.45. The van der Waals surface area contributed by atoms with Gasteiger partial charge >= 0.3 is 5.91 Å². The smallest absolute Gasteiger partial charge is 0.394 e. The first kappa shape index (κ1) is 21.3. The first-order valence-corrected chi connectivity index (χ1v) is 7.53. The van der Waals surface area contributed by atoms with Crippen LogP contribution in [0.1, 0.15) is 0 Å². The average Bonchev–Trinajstić information content (AvgIpc) is 2.87. The van der Waals surface area contributed by atoms with Crippen molar-refractivity contribution in [2.75, 3.05) is 19.8 Å². The molecule has 152 valence electrons. The number of rotatable bonds is 6. The van der Waals surface area contributed by atoms with Crippen LogP contribution in [-0.4, -0.2) is 120 Å². The molecule has 0 aromatic carbocycles. The third kappa shape index (κ3) is 3.08. The van der Waals surface area contributed by atoms with E-state index in [2.05, 4.69) is 0 Å². The number of hydrogen-bond acceptors (Lipinski definition) is 13. The molecular weight excluding hydrogens is 366 g/mol. The van der Waals surface area contributed by atoms with Crippen LogP contribution in [0.3, 0.4) is 0 Å². The molecule has 0 saturated carbocycles. The van der Waals surface area contributed by atoms with Gasteiger partial charge in [0.2, 0.25) is 11.9 Å². The molecule has 1 unspecified atom stereocenters. The van der Waals surface area contributed by atoms with Crippen molar-refractivity contribution in [1.29, 1.82) is 0 Å². The molecule has 2 heterocycles. The van der Waals surface area contributed by atoms with Gasteiger partial charge < -0.3 is 45.6 Å². The first-order chi connectivity index (χ1) is 12.1. The average molecular weight is 387 g/mol. The molecule has 0 spiro atoms. The highest BCUT2D eigenvalue weighted by Gasteiger charge is 2.70. The normalized spacial score (nSPS) is 49.3. The topological polar surface area (TPSA) is 233 Å². The van der Waals surface area contributed by atoms with Gasteiger partial charge in [0.1, 0.15) is 43.2 Å². The van der Waals surface area contributed by atoms with Crippen molar-refractivity contribution >= 4 is 0 Å². The molecule has 26 heavy (non-hydrogen) atoms. The zero-order valence-electron chi connectivity index (χ0n) is 13.2. The molecule has 0 aliphatic carbocycles. The maximum Gasteiger partial charge on any atom is 0.474 e. The summed E-state index contributed by atoms with van der Waals surface area (Å²) in [4.78, 5) is 10.2. The van der Waals surface area contributed by atoms with Crippen LogP contribution < -0.4 is 0 Å². The number of aliphatic hydroxyl groups is 8. The first-order valence-electron chi connectivity index (χ1n) is 7.53. The van der Waals surface area contributed by atoms with Crippen LogP contribution in [0.25, 0.3) is 0 Å². The van der Waals surface area contributed by atoms with E-state index in [4.69, 9.17) is 19.3 Å². The molecule has 0 bridgehead atoms. The van der Waals surface area contributed by atoms with Crippen LogP contribution in [0.15, 0.2) is 0 Å². The van der Waals surface area contributed by atoms with Gasteiger partial charge in [0.05, 0.1) is 18.1 Å². The summed E-state index contributed by atoms with van der Waals surface area (Å²) in [6, 6.07) is 0. The molecule has 2 aliphatic rings. The summed E-state index contributed by atoms with van der Waals surface area (Å²) in [5, 5.41) is 88.9. The van der Waals surface area contributed by atoms with Crippen LogP contribution in [-0.2, 0) is 14.2 Å². The molecule has 14 nitrogen and oxygen atoms in total. The standard InChI is InChI=1S/C12H21NO13/c14-1-4-6(17)8(19)10(21)12(25-4,13(22)23)26-11(3-16)9(20)7(18)5(2-15)24-11/h4-10,14-21H,1-3H2/t4-,5-,6-,7-,8+,9+,10-,11?,12-/m1/s1. The number of nitro groups is 1. The Bertz CT molecular complexity index is 519. The minimum Gasteiger partial charge on any atom is -0.394 e. The van der Waals surface area contributed by atoms with Crippen molar-refractivity contribution in [3.8, 4) is 0 Å². The molecular formula is C12H21NO13. The fourth-order valence-electron chi connectivity index (χ4n) is 2.90. The summed E-state index contributed by atoms with van der Waals surface area (Å²) < 4.78 is 14.8. The zero-order chi connectivity index (χ0) is 19.9. The van der Waals surface area contributed by atoms with E-state index >= 15 is 0 Å². The largest absolute Gasteiger partial charge is 0.474 e. The molecule has 0 aromatic heterocycles. The Morgan fingerprint density at radius 3 is 1.85 bits per heavy atom. The van der Waals surface area contributed by atoms with Crippen molar-refractivity contribution in [3.63, 3.8) is 0 Å². The highest BCUT2D eigenvalue weighted by molar-refractivity contribution is 5.00. The van der Waals surface area contributed by atoms with Gasteiger partial charge in [0.25, 0.3) is 0 Å². The van der Waals surface area contributed by atoms with Crippen molar-refractivity contribution in [3.05, 3.63) is 10.1 Å². The number of nitrogens with zero attached hydrogens (tertiary/aromatic N) is 1. The Labute approximate surface area is 145 Å². The van der Waals surface area contributed by atoms with Crippen LogP contribution in [0, 0.1) is 10.1 Å². The molecule has 0 amide bonds. The highest BCUT2D eigenvalue weighted by Crippen LogP contribution is 2.40. The van der Waals surface area contributed by atoms with E-state index < -0.39 is 79.2 Å². The Morgan fingerprint density at radius 2 is 1.42 bits per heavy atom. The fourth-order valence-corrected chi connectivity index (χ4v) is 2.90. The van der Waals surface area contributed by atoms with Gasteiger partial charge in [-0.2, -0.15) is 0 Å². The maximum absolute atomic E-state index is 11.6. The summed E-state index contributed by atoms with van der Waals surface area (Å²) in [5.74, 6) is -6.11. The lowest BCUT2D eigenvalue weighted by Crippen LogP contribution is -2.72. The van der Waals surface area contributed by atoms with Crippen LogP contribution >= 0.6 is 0 Å². The molecule has 9 atom stereocenters. The summed E-state index contributed by atoms with van der Waals surface area (Å²) in [6.07, 6.45) is -13.9. The number of ether oxygens (including phenoxy) is 3. The Kier molecular flexibility index (Phi) is 6.16. The number of hydrogen-bond donors (Lipinski definition) is 8. The maximum atomic E-state index is 11.6. The molecule has 2 rings (SSSR count). The minimum absolute atomic E-state index is 0.848. The van der Waals surface area contributed by atoms with E-state index in [1.54, 1.807) is 0 Å². The predicted molar refractivity (Wildman–Crippen MR) is 74.6 cm³/mol. The van der Waals surface area contributed by atoms with Gasteiger partial charge in [-0.15, -0.1) is 0 Å². The van der Waals surface area contributed by atoms with Gasteiger partial charge in [-0.25, -0.2) is 0 Å². The van der Waals surface area contributed by atoms with E-state index in [9.17, 15) is 45.9 Å². The molecule has 14 heteroatoms. The van der Waals surface area contributed by atoms with E-state index in [1.165, 1.54) is 0 Å². The SMILES string of the molecule is O=[N+]([O-])[C@@]1(OC2(CO)O[C@H](CO)[C@@H](O)[C@@H]2O)O[C@H](CO)[C@@H](O)[C@H](O)[C@H]1O. The van der Waals surface area contributed by atoms with E-state index in [0.717, 1.165) is 0 Å². The van der Waals surface area contributed by atoms with Crippen molar-refractivity contribution in [1.82, 2.24) is 0 Å². The number of aliphatic hydroxyl groups excluding tert-OH is 8. The van der Waals surface area contributed by atoms with E-state index in [1.807, 2.05) is 0 Å². The molecule has 8 N–H and O–H groups in total. The monoisotopic (exact) mass is 387 g/mol. The quantitative estimate of drug-likeness (QED) is 0.121. The van der Waals surface area contributed by atoms with E-state index in [0.29, 0.717) is 0 Å². The molecule has 2 aliphatic heterocycles. The van der Waals surface area contributed by atoms with Crippen LogP contribution in [0.2, 0.25) is 0 Å². The molecule has 0 radical (unpaired) electrons. The second-order valence-corrected chi connectivity index (χ2v) is 6.00. The lowest BCUT2D eigenvalue weighted by molar-refractivity contribution is -0.734. The summed E-state index contributed by atoms with van der Waals surface area (Å²) in [7, 11) is 0. The zero-order valence-corrected chi connectivity index (χ0v) is 13.2. The van der Waals surface area contributed by atoms with Gasteiger partial charge in [-0.1, -0.05) is 0 Å². The van der Waals surface area contributed by atoms with Gasteiger partial charge in [0.15, 0.2) is 0 Å². The Hall–Kier alpha value is -1.04. The fraction of sp³-hybridized carbons (Fsp3) is 1.00. The second kappa shape index (κ2) is 7.53. The second-order valence-electron chi connectivity index (χ2n) is 6.00. The predicted octanol–water partition coefficient (Wildman–Crippen LogP) is -5.79.